The van der Waals surface area contributed by atoms with Crippen molar-refractivity contribution in [2.45, 2.75) is 0 Å². The molecule has 0 aromatic carbocycles. The third kappa shape index (κ3) is 9.67. The van der Waals surface area contributed by atoms with Gasteiger partial charge in [0, 0.05) is 135 Å². The summed E-state index contributed by atoms with van der Waals surface area (Å²) in [5, 5.41) is 0. The Hall–Kier alpha value is 4.44. The molecular weight excluding hydrogens is 479 g/mol. The van der Waals surface area contributed by atoms with E-state index in [1.807, 2.05) is 0 Å². The minimum Gasteiger partial charge on any atom is 0 e. The molecule has 1 radical (unpaired) electrons. The van der Waals surface area contributed by atoms with Crippen LogP contribution in [0.3, 0.4) is 0 Å². The average molecular weight is 479 g/mol. The zero-order chi connectivity index (χ0) is 0. The van der Waals surface area contributed by atoms with E-state index in [0.717, 1.165) is 0 Å². The first-order valence-electron chi connectivity index (χ1n) is 0. The molecule has 19 valence electrons. The summed E-state index contributed by atoms with van der Waals surface area (Å²) in [6.07, 6.45) is 0. The normalized spacial score (nSPS) is 0. The SMILES string of the molecule is [Ce].[Fe].[La].[Nd]. The van der Waals surface area contributed by atoms with E-state index >= 15 is 0 Å². The first-order valence-corrected chi connectivity index (χ1v) is 0. The predicted octanol–water partition coefficient (Wildman–Crippen LogP) is -0.00250. The molecule has 0 aromatic rings. The molecule has 0 heterocycles. The van der Waals surface area contributed by atoms with Crippen LogP contribution in [0.25, 0.3) is 0 Å². The molecule has 0 amide bonds. The third-order valence-corrected chi connectivity index (χ3v) is 0. The zero-order valence-corrected chi connectivity index (χ0v) is 13.0. The smallest absolute Gasteiger partial charge is 0 e. The minimum absolute atomic E-state index is 0. The summed E-state index contributed by atoms with van der Waals surface area (Å²) in [6, 6.07) is 0. The van der Waals surface area contributed by atoms with Gasteiger partial charge in [-0.15, -0.1) is 0 Å². The summed E-state index contributed by atoms with van der Waals surface area (Å²) in [6.45, 7) is 0. The summed E-state index contributed by atoms with van der Waals surface area (Å²) in [5.41, 5.74) is 0. The van der Waals surface area contributed by atoms with Gasteiger partial charge in [-0.2, -0.15) is 0 Å². The molecule has 0 unspecified atom stereocenters. The van der Waals surface area contributed by atoms with Crippen LogP contribution in [0, 0.1) is 118 Å². The topological polar surface area (TPSA) is 0 Å². The van der Waals surface area contributed by atoms with Gasteiger partial charge < -0.3 is 0 Å². The van der Waals surface area contributed by atoms with Crippen LogP contribution in [0.1, 0.15) is 0 Å². The van der Waals surface area contributed by atoms with Crippen molar-refractivity contribution >= 4 is 0 Å². The quantitative estimate of drug-likeness (QED) is 0.430. The second-order valence-corrected chi connectivity index (χ2v) is 0. The molecular formula is CeFeLaNd. The summed E-state index contributed by atoms with van der Waals surface area (Å²) in [7, 11) is 0. The standard InChI is InChI=1S/Ce.Fe.La.Nd. The molecule has 0 aliphatic carbocycles. The largest absolute Gasteiger partial charge is 0 e. The maximum absolute atomic E-state index is 0. The van der Waals surface area contributed by atoms with Gasteiger partial charge in [-0.1, -0.05) is 0 Å². The van der Waals surface area contributed by atoms with Gasteiger partial charge in [0.1, 0.15) is 0 Å². The molecule has 0 aromatic heterocycles. The fourth-order valence-electron chi connectivity index (χ4n) is 0. The number of hydrogen-bond donors (Lipinski definition) is 0. The molecule has 0 fully saturated rings. The van der Waals surface area contributed by atoms with Crippen LogP contribution in [0.5, 0.6) is 0 Å². The van der Waals surface area contributed by atoms with Crippen molar-refractivity contribution in [1.82, 2.24) is 0 Å². The van der Waals surface area contributed by atoms with E-state index < -0.39 is 0 Å². The van der Waals surface area contributed by atoms with Crippen molar-refractivity contribution in [2.24, 2.45) is 0 Å². The summed E-state index contributed by atoms with van der Waals surface area (Å²) >= 11 is 0. The Morgan fingerprint density at radius 3 is 1.00 bits per heavy atom. The first kappa shape index (κ1) is 23.7. The van der Waals surface area contributed by atoms with E-state index in [1.54, 1.807) is 0 Å². The number of rotatable bonds is 0. The van der Waals surface area contributed by atoms with Gasteiger partial charge in [0.25, 0.3) is 0 Å². The molecule has 0 atom stereocenters. The second-order valence-electron chi connectivity index (χ2n) is 0. The van der Waals surface area contributed by atoms with Crippen LogP contribution in [-0.4, -0.2) is 0 Å². The maximum atomic E-state index is 0. The van der Waals surface area contributed by atoms with E-state index in [4.69, 9.17) is 0 Å². The molecule has 0 aliphatic heterocycles. The van der Waals surface area contributed by atoms with Crippen molar-refractivity contribution in [3.63, 3.8) is 0 Å². The van der Waals surface area contributed by atoms with Gasteiger partial charge >= 0.3 is 0 Å². The first-order chi connectivity index (χ1) is 0. The van der Waals surface area contributed by atoms with Crippen molar-refractivity contribution in [3.8, 4) is 0 Å². The molecule has 0 spiro atoms. The van der Waals surface area contributed by atoms with Crippen LogP contribution in [-0.2, 0) is 17.1 Å². The molecule has 0 aliphatic rings. The Morgan fingerprint density at radius 1 is 1.00 bits per heavy atom. The molecule has 0 rings (SSSR count). The second kappa shape index (κ2) is 15.7. The van der Waals surface area contributed by atoms with Crippen LogP contribution in [0.2, 0.25) is 0 Å². The van der Waals surface area contributed by atoms with E-state index in [2.05, 4.69) is 0 Å². The predicted molar refractivity (Wildman–Crippen MR) is 0 cm³/mol. The Bertz CT molecular complexity index is 8.00. The van der Waals surface area contributed by atoms with Crippen LogP contribution in [0.15, 0.2) is 0 Å². The maximum Gasteiger partial charge on any atom is 0 e. The van der Waals surface area contributed by atoms with Crippen LogP contribution >= 0.6 is 0 Å². The zero-order valence-electron chi connectivity index (χ0n) is 1.93. The fourth-order valence-corrected chi connectivity index (χ4v) is 0. The molecule has 4 heteroatoms. The van der Waals surface area contributed by atoms with Crippen molar-refractivity contribution < 1.29 is 135 Å². The van der Waals surface area contributed by atoms with Gasteiger partial charge in [0.15, 0.2) is 0 Å². The van der Waals surface area contributed by atoms with Gasteiger partial charge in [0.2, 0.25) is 0 Å². The summed E-state index contributed by atoms with van der Waals surface area (Å²) in [5.74, 6) is 0. The molecule has 4 heavy (non-hydrogen) atoms. The monoisotopic (exact) mass is 477 g/mol. The van der Waals surface area contributed by atoms with E-state index in [9.17, 15) is 0 Å². The van der Waals surface area contributed by atoms with E-state index in [0.29, 0.717) is 0 Å². The summed E-state index contributed by atoms with van der Waals surface area (Å²) in [4.78, 5) is 0. The fraction of sp³-hybridized carbons (Fsp3) is 0. The molecule has 0 saturated carbocycles. The molecule has 0 saturated heterocycles. The number of hydrogen-bond acceptors (Lipinski definition) is 0. The van der Waals surface area contributed by atoms with E-state index in [-0.39, 0.29) is 135 Å². The molecule has 0 nitrogen and oxygen atoms in total. The Labute approximate surface area is 131 Å². The average Bonchev–Trinajstić information content (AvgIpc) is 0. The minimum atomic E-state index is 0. The Balaban J connectivity index is 0. The van der Waals surface area contributed by atoms with Gasteiger partial charge in [-0.3, -0.25) is 0 Å². The van der Waals surface area contributed by atoms with Gasteiger partial charge in [-0.05, 0) is 0 Å². The third-order valence-electron chi connectivity index (χ3n) is 0. The Morgan fingerprint density at radius 2 is 1.00 bits per heavy atom. The van der Waals surface area contributed by atoms with Crippen molar-refractivity contribution in [3.05, 3.63) is 0 Å². The van der Waals surface area contributed by atoms with E-state index in [1.165, 1.54) is 0 Å². The molecule has 0 N–H and O–H groups in total. The van der Waals surface area contributed by atoms with Crippen LogP contribution < -0.4 is 0 Å². The Kier molecular flexibility index (Phi) is 92.7. The van der Waals surface area contributed by atoms with Gasteiger partial charge in [0.05, 0.1) is 0 Å². The van der Waals surface area contributed by atoms with Gasteiger partial charge in [-0.25, -0.2) is 0 Å². The van der Waals surface area contributed by atoms with Crippen molar-refractivity contribution in [1.29, 1.82) is 0 Å². The van der Waals surface area contributed by atoms with Crippen molar-refractivity contribution in [2.75, 3.05) is 0 Å². The van der Waals surface area contributed by atoms with Crippen LogP contribution in [0.4, 0.5) is 0 Å². The molecule has 0 bridgehead atoms. The summed E-state index contributed by atoms with van der Waals surface area (Å²) < 4.78 is 0.